The number of aromatic nitrogens is 1. The van der Waals surface area contributed by atoms with Gasteiger partial charge in [-0.15, -0.1) is 35.3 Å². The van der Waals surface area contributed by atoms with E-state index in [0.29, 0.717) is 6.54 Å². The van der Waals surface area contributed by atoms with Gasteiger partial charge in [0.1, 0.15) is 5.82 Å². The summed E-state index contributed by atoms with van der Waals surface area (Å²) in [6.45, 7) is 6.12. The molecule has 1 heterocycles. The fourth-order valence-electron chi connectivity index (χ4n) is 2.11. The van der Waals surface area contributed by atoms with Gasteiger partial charge in [0.15, 0.2) is 5.96 Å². The molecule has 2 rings (SSSR count). The first kappa shape index (κ1) is 20.8. The molecule has 0 aliphatic rings. The molecule has 24 heavy (non-hydrogen) atoms. The van der Waals surface area contributed by atoms with Gasteiger partial charge in [-0.2, -0.15) is 0 Å². The van der Waals surface area contributed by atoms with Gasteiger partial charge >= 0.3 is 0 Å². The highest BCUT2D eigenvalue weighted by Gasteiger charge is 2.01. The Morgan fingerprint density at radius 3 is 2.83 bits per heavy atom. The zero-order valence-corrected chi connectivity index (χ0v) is 17.2. The van der Waals surface area contributed by atoms with Crippen LogP contribution in [0.1, 0.15) is 29.6 Å². The first-order valence-electron chi connectivity index (χ1n) is 7.85. The summed E-state index contributed by atoms with van der Waals surface area (Å²) in [5.41, 5.74) is 1.95. The maximum atomic E-state index is 13.2. The molecule has 0 fully saturated rings. The van der Waals surface area contributed by atoms with Crippen LogP contribution in [0.2, 0.25) is 0 Å². The van der Waals surface area contributed by atoms with Crippen molar-refractivity contribution in [1.82, 2.24) is 15.6 Å². The molecule has 0 aliphatic carbocycles. The lowest BCUT2D eigenvalue weighted by molar-refractivity contribution is 0.625. The Bertz CT molecular complexity index is 645. The van der Waals surface area contributed by atoms with Crippen LogP contribution in [0.15, 0.2) is 34.6 Å². The molecule has 1 aromatic heterocycles. The number of nitrogens with zero attached hydrogens (tertiary/aromatic N) is 2. The van der Waals surface area contributed by atoms with Crippen LogP contribution >= 0.6 is 35.3 Å². The van der Waals surface area contributed by atoms with E-state index < -0.39 is 0 Å². The minimum atomic E-state index is -0.227. The van der Waals surface area contributed by atoms with E-state index in [4.69, 9.17) is 0 Å². The minimum absolute atomic E-state index is 0. The van der Waals surface area contributed by atoms with Crippen LogP contribution < -0.4 is 10.6 Å². The van der Waals surface area contributed by atoms with E-state index in [9.17, 15) is 4.39 Å². The van der Waals surface area contributed by atoms with Gasteiger partial charge in [-0.05, 0) is 38.0 Å². The second kappa shape index (κ2) is 11.4. The first-order valence-corrected chi connectivity index (χ1v) is 8.73. The smallest absolute Gasteiger partial charge is 0.191 e. The lowest BCUT2D eigenvalue weighted by Gasteiger charge is -2.11. The molecule has 0 spiro atoms. The van der Waals surface area contributed by atoms with Crippen molar-refractivity contribution in [2.24, 2.45) is 4.99 Å². The maximum absolute atomic E-state index is 13.2. The molecule has 0 radical (unpaired) electrons. The summed E-state index contributed by atoms with van der Waals surface area (Å²) in [7, 11) is 0. The van der Waals surface area contributed by atoms with Crippen LogP contribution in [0.3, 0.4) is 0 Å². The SMILES string of the molecule is CCNC(=NCc1cccc(F)c1)NCCCc1nc(C)cs1.I. The standard InChI is InChI=1S/C17H23FN4S.HI/c1-3-19-17(21-11-14-6-4-7-15(18)10-14)20-9-5-8-16-22-13(2)12-23-16;/h4,6-7,10,12H,3,5,8-9,11H2,1-2H3,(H2,19,20,21);1H. The van der Waals surface area contributed by atoms with Gasteiger partial charge in [-0.25, -0.2) is 14.4 Å². The summed E-state index contributed by atoms with van der Waals surface area (Å²) in [5, 5.41) is 9.76. The third kappa shape index (κ3) is 7.57. The topological polar surface area (TPSA) is 49.3 Å². The summed E-state index contributed by atoms with van der Waals surface area (Å²) in [6.07, 6.45) is 1.96. The largest absolute Gasteiger partial charge is 0.357 e. The van der Waals surface area contributed by atoms with Crippen LogP contribution in [-0.4, -0.2) is 24.0 Å². The maximum Gasteiger partial charge on any atom is 0.191 e. The predicted octanol–water partition coefficient (Wildman–Crippen LogP) is 3.90. The van der Waals surface area contributed by atoms with E-state index >= 15 is 0 Å². The van der Waals surface area contributed by atoms with Gasteiger partial charge in [0.2, 0.25) is 0 Å². The summed E-state index contributed by atoms with van der Waals surface area (Å²) in [6, 6.07) is 6.53. The Morgan fingerprint density at radius 1 is 1.33 bits per heavy atom. The van der Waals surface area contributed by atoms with Crippen molar-refractivity contribution in [3.63, 3.8) is 0 Å². The van der Waals surface area contributed by atoms with Gasteiger partial charge in [-0.1, -0.05) is 12.1 Å². The number of hydrogen-bond acceptors (Lipinski definition) is 3. The number of nitrogens with one attached hydrogen (secondary N) is 2. The number of aliphatic imine (C=N–C) groups is 1. The van der Waals surface area contributed by atoms with Crippen molar-refractivity contribution in [3.05, 3.63) is 51.7 Å². The molecular formula is C17H24FIN4S. The molecule has 0 atom stereocenters. The summed E-state index contributed by atoms with van der Waals surface area (Å²) in [5.74, 6) is 0.529. The van der Waals surface area contributed by atoms with Crippen LogP contribution in [0.5, 0.6) is 0 Å². The van der Waals surface area contributed by atoms with Crippen molar-refractivity contribution in [1.29, 1.82) is 0 Å². The second-order valence-corrected chi connectivity index (χ2v) is 6.18. The van der Waals surface area contributed by atoms with Gasteiger partial charge in [0.25, 0.3) is 0 Å². The van der Waals surface area contributed by atoms with Crippen molar-refractivity contribution < 1.29 is 4.39 Å². The number of halogens is 2. The Morgan fingerprint density at radius 2 is 2.17 bits per heavy atom. The number of guanidine groups is 1. The quantitative estimate of drug-likeness (QED) is 0.284. The van der Waals surface area contributed by atoms with Crippen LogP contribution in [0.4, 0.5) is 4.39 Å². The number of benzene rings is 1. The Balaban J connectivity index is 0.00000288. The highest BCUT2D eigenvalue weighted by Crippen LogP contribution is 2.10. The highest BCUT2D eigenvalue weighted by atomic mass is 127. The van der Waals surface area contributed by atoms with Gasteiger partial charge in [-0.3, -0.25) is 0 Å². The molecule has 4 nitrogen and oxygen atoms in total. The summed E-state index contributed by atoms with van der Waals surface area (Å²) < 4.78 is 13.2. The normalized spacial score (nSPS) is 11.0. The second-order valence-electron chi connectivity index (χ2n) is 5.24. The molecule has 0 saturated heterocycles. The third-order valence-electron chi connectivity index (χ3n) is 3.18. The molecule has 0 bridgehead atoms. The third-order valence-corrected chi connectivity index (χ3v) is 4.21. The minimum Gasteiger partial charge on any atom is -0.357 e. The van der Waals surface area contributed by atoms with Crippen molar-refractivity contribution in [3.8, 4) is 0 Å². The monoisotopic (exact) mass is 462 g/mol. The zero-order valence-electron chi connectivity index (χ0n) is 14.0. The van der Waals surface area contributed by atoms with Crippen molar-refractivity contribution in [2.45, 2.75) is 33.2 Å². The fourth-order valence-corrected chi connectivity index (χ4v) is 2.93. The summed E-state index contributed by atoms with van der Waals surface area (Å²) >= 11 is 1.71. The van der Waals surface area contributed by atoms with E-state index in [1.807, 2.05) is 19.9 Å². The molecule has 132 valence electrons. The Kier molecular flexibility index (Phi) is 9.85. The van der Waals surface area contributed by atoms with Gasteiger partial charge < -0.3 is 10.6 Å². The zero-order chi connectivity index (χ0) is 16.5. The Hall–Kier alpha value is -1.22. The van der Waals surface area contributed by atoms with Gasteiger partial charge in [0.05, 0.1) is 11.6 Å². The van der Waals surface area contributed by atoms with E-state index in [1.54, 1.807) is 17.4 Å². The molecular weight excluding hydrogens is 438 g/mol. The molecule has 0 unspecified atom stereocenters. The van der Waals surface area contributed by atoms with Crippen molar-refractivity contribution >= 4 is 41.3 Å². The van der Waals surface area contributed by atoms with Gasteiger partial charge in [0, 0.05) is 30.6 Å². The molecule has 0 aliphatic heterocycles. The van der Waals surface area contributed by atoms with Crippen LogP contribution in [-0.2, 0) is 13.0 Å². The number of aryl methyl sites for hydroxylation is 2. The van der Waals surface area contributed by atoms with E-state index in [2.05, 4.69) is 26.0 Å². The predicted molar refractivity (Wildman–Crippen MR) is 110 cm³/mol. The lowest BCUT2D eigenvalue weighted by Crippen LogP contribution is -2.37. The van der Waals surface area contributed by atoms with E-state index in [-0.39, 0.29) is 29.8 Å². The lowest BCUT2D eigenvalue weighted by atomic mass is 10.2. The molecule has 0 saturated carbocycles. The fraction of sp³-hybridized carbons (Fsp3) is 0.412. The first-order chi connectivity index (χ1) is 11.2. The van der Waals surface area contributed by atoms with Crippen molar-refractivity contribution in [2.75, 3.05) is 13.1 Å². The number of hydrogen-bond donors (Lipinski definition) is 2. The molecule has 2 aromatic rings. The van der Waals surface area contributed by atoms with Crippen LogP contribution in [0.25, 0.3) is 0 Å². The molecule has 7 heteroatoms. The van der Waals surface area contributed by atoms with Crippen LogP contribution in [0, 0.1) is 12.7 Å². The molecule has 2 N–H and O–H groups in total. The summed E-state index contributed by atoms with van der Waals surface area (Å²) in [4.78, 5) is 8.95. The van der Waals surface area contributed by atoms with E-state index in [1.165, 1.54) is 17.1 Å². The molecule has 0 amide bonds. The Labute approximate surface area is 164 Å². The average molecular weight is 462 g/mol. The average Bonchev–Trinajstić information content (AvgIpc) is 2.94. The van der Waals surface area contributed by atoms with E-state index in [0.717, 1.165) is 43.1 Å². The highest BCUT2D eigenvalue weighted by molar-refractivity contribution is 14.0. The number of rotatable bonds is 7. The molecule has 1 aromatic carbocycles. The number of thiazole rings is 1.